The third kappa shape index (κ3) is 4.10. The van der Waals surface area contributed by atoms with Gasteiger partial charge >= 0.3 is 5.97 Å². The summed E-state index contributed by atoms with van der Waals surface area (Å²) in [6.45, 7) is 3.48. The maximum Gasteiger partial charge on any atom is 0.313 e. The van der Waals surface area contributed by atoms with Crippen molar-refractivity contribution in [3.63, 3.8) is 0 Å². The van der Waals surface area contributed by atoms with Crippen LogP contribution >= 0.6 is 11.8 Å². The molecule has 2 rings (SSSR count). The molecule has 1 aliphatic rings. The van der Waals surface area contributed by atoms with Gasteiger partial charge in [-0.15, -0.1) is 10.2 Å². The van der Waals surface area contributed by atoms with E-state index < -0.39 is 15.8 Å². The summed E-state index contributed by atoms with van der Waals surface area (Å²) in [5.74, 6) is -0.125. The van der Waals surface area contributed by atoms with Crippen LogP contribution in [0.1, 0.15) is 13.3 Å². The lowest BCUT2D eigenvalue weighted by atomic mass is 10.4. The molecule has 0 atom stereocenters. The van der Waals surface area contributed by atoms with Crippen molar-refractivity contribution in [3.8, 4) is 0 Å². The Labute approximate surface area is 127 Å². The third-order valence-corrected chi connectivity index (χ3v) is 5.66. The number of hydrogen-bond donors (Lipinski definition) is 1. The zero-order chi connectivity index (χ0) is 15.5. The molecule has 1 aromatic rings. The van der Waals surface area contributed by atoms with E-state index in [9.17, 15) is 13.2 Å². The third-order valence-electron chi connectivity index (χ3n) is 3.10. The van der Waals surface area contributed by atoms with Crippen molar-refractivity contribution >= 4 is 33.5 Å². The molecule has 8 nitrogen and oxygen atoms in total. The van der Waals surface area contributed by atoms with Gasteiger partial charge in [-0.05, 0) is 6.42 Å². The smallest absolute Gasteiger partial charge is 0.313 e. The van der Waals surface area contributed by atoms with Gasteiger partial charge < -0.3 is 10.0 Å². The predicted octanol–water partition coefficient (Wildman–Crippen LogP) is 0.0996. The summed E-state index contributed by atoms with van der Waals surface area (Å²) in [5, 5.41) is 17.5. The van der Waals surface area contributed by atoms with Crippen LogP contribution in [0.25, 0.3) is 0 Å². The highest BCUT2D eigenvalue weighted by Gasteiger charge is 2.26. The van der Waals surface area contributed by atoms with Gasteiger partial charge in [0.1, 0.15) is 0 Å². The molecule has 21 heavy (non-hydrogen) atoms. The topological polar surface area (TPSA) is 105 Å². The lowest BCUT2D eigenvalue weighted by Gasteiger charge is -2.27. The Bertz CT molecular complexity index is 600. The minimum atomic E-state index is -2.95. The minimum absolute atomic E-state index is 0.0732. The van der Waals surface area contributed by atoms with Gasteiger partial charge in [0.15, 0.2) is 15.0 Å². The number of anilines is 1. The van der Waals surface area contributed by atoms with Gasteiger partial charge in [0.05, 0.1) is 17.3 Å². The fourth-order valence-electron chi connectivity index (χ4n) is 2.08. The van der Waals surface area contributed by atoms with Crippen LogP contribution in [0.5, 0.6) is 0 Å². The van der Waals surface area contributed by atoms with E-state index in [1.54, 1.807) is 0 Å². The molecule has 0 aromatic carbocycles. The quantitative estimate of drug-likeness (QED) is 0.730. The Kier molecular flexibility index (Phi) is 5.09. The standard InChI is InChI=1S/C11H18N4O4S2/c1-2-3-15-10(12-13-11(15)20-8-9(16)17)14-4-6-21(18,19)7-5-14/h2-8H2,1H3,(H,16,17). The van der Waals surface area contributed by atoms with Crippen LogP contribution in [0.3, 0.4) is 0 Å². The predicted molar refractivity (Wildman–Crippen MR) is 79.5 cm³/mol. The van der Waals surface area contributed by atoms with E-state index in [0.29, 0.717) is 30.7 Å². The van der Waals surface area contributed by atoms with Crippen LogP contribution < -0.4 is 4.90 Å². The average molecular weight is 334 g/mol. The van der Waals surface area contributed by atoms with E-state index in [0.717, 1.165) is 18.2 Å². The van der Waals surface area contributed by atoms with Crippen molar-refractivity contribution in [1.82, 2.24) is 14.8 Å². The van der Waals surface area contributed by atoms with Crippen LogP contribution in [0, 0.1) is 0 Å². The summed E-state index contributed by atoms with van der Waals surface area (Å²) in [5.41, 5.74) is 0. The van der Waals surface area contributed by atoms with Gasteiger partial charge in [-0.2, -0.15) is 0 Å². The number of carboxylic acid groups (broad SMARTS) is 1. The molecular formula is C11H18N4O4S2. The molecule has 0 unspecified atom stereocenters. The lowest BCUT2D eigenvalue weighted by molar-refractivity contribution is -0.133. The fraction of sp³-hybridized carbons (Fsp3) is 0.727. The fourth-order valence-corrected chi connectivity index (χ4v) is 3.96. The first-order valence-corrected chi connectivity index (χ1v) is 9.47. The summed E-state index contributed by atoms with van der Waals surface area (Å²) < 4.78 is 24.8. The highest BCUT2D eigenvalue weighted by atomic mass is 32.2. The van der Waals surface area contributed by atoms with Crippen molar-refractivity contribution in [2.24, 2.45) is 0 Å². The van der Waals surface area contributed by atoms with Crippen LogP contribution in [0.15, 0.2) is 5.16 Å². The van der Waals surface area contributed by atoms with Gasteiger partial charge in [0.25, 0.3) is 0 Å². The monoisotopic (exact) mass is 334 g/mol. The molecule has 0 radical (unpaired) electrons. The molecule has 0 spiro atoms. The van der Waals surface area contributed by atoms with Gasteiger partial charge in [0, 0.05) is 19.6 Å². The molecule has 1 aliphatic heterocycles. The first kappa shape index (κ1) is 16.1. The molecule has 0 aliphatic carbocycles. The van der Waals surface area contributed by atoms with E-state index in [2.05, 4.69) is 10.2 Å². The van der Waals surface area contributed by atoms with Crippen molar-refractivity contribution in [2.45, 2.75) is 25.0 Å². The van der Waals surface area contributed by atoms with Crippen molar-refractivity contribution < 1.29 is 18.3 Å². The van der Waals surface area contributed by atoms with E-state index in [1.807, 2.05) is 16.4 Å². The molecule has 1 fully saturated rings. The number of aromatic nitrogens is 3. The number of nitrogens with zero attached hydrogens (tertiary/aromatic N) is 4. The second-order valence-corrected chi connectivity index (χ2v) is 8.00. The Morgan fingerprint density at radius 2 is 2.00 bits per heavy atom. The average Bonchev–Trinajstić information content (AvgIpc) is 2.80. The summed E-state index contributed by atoms with van der Waals surface area (Å²) in [7, 11) is -2.95. The molecule has 118 valence electrons. The minimum Gasteiger partial charge on any atom is -0.481 e. The first-order chi connectivity index (χ1) is 9.93. The number of hydrogen-bond acceptors (Lipinski definition) is 7. The number of carbonyl (C=O) groups is 1. The van der Waals surface area contributed by atoms with Gasteiger partial charge in [-0.25, -0.2) is 8.42 Å². The van der Waals surface area contributed by atoms with Crippen LogP contribution in [-0.4, -0.2) is 64.6 Å². The second kappa shape index (κ2) is 6.65. The van der Waals surface area contributed by atoms with Crippen molar-refractivity contribution in [2.75, 3.05) is 35.2 Å². The molecule has 1 aromatic heterocycles. The van der Waals surface area contributed by atoms with Gasteiger partial charge in [-0.1, -0.05) is 18.7 Å². The van der Waals surface area contributed by atoms with Crippen LogP contribution in [-0.2, 0) is 21.2 Å². The maximum absolute atomic E-state index is 11.5. The van der Waals surface area contributed by atoms with Gasteiger partial charge in [-0.3, -0.25) is 9.36 Å². The van der Waals surface area contributed by atoms with E-state index in [-0.39, 0.29) is 17.3 Å². The highest BCUT2D eigenvalue weighted by molar-refractivity contribution is 7.99. The Morgan fingerprint density at radius 1 is 1.33 bits per heavy atom. The molecule has 2 heterocycles. The molecular weight excluding hydrogens is 316 g/mol. The van der Waals surface area contributed by atoms with E-state index in [4.69, 9.17) is 5.11 Å². The Balaban J connectivity index is 2.17. The summed E-state index contributed by atoms with van der Waals surface area (Å²) in [6.07, 6.45) is 0.859. The number of aliphatic carboxylic acids is 1. The number of sulfone groups is 1. The van der Waals surface area contributed by atoms with E-state index in [1.165, 1.54) is 0 Å². The largest absolute Gasteiger partial charge is 0.481 e. The normalized spacial score (nSPS) is 17.9. The Hall–Kier alpha value is -1.29. The zero-order valence-corrected chi connectivity index (χ0v) is 13.4. The van der Waals surface area contributed by atoms with Crippen molar-refractivity contribution in [3.05, 3.63) is 0 Å². The van der Waals surface area contributed by atoms with Crippen LogP contribution in [0.2, 0.25) is 0 Å². The molecule has 0 bridgehead atoms. The first-order valence-electron chi connectivity index (χ1n) is 6.66. The SMILES string of the molecule is CCCn1c(SCC(=O)O)nnc1N1CCS(=O)(=O)CC1. The summed E-state index contributed by atoms with van der Waals surface area (Å²) in [6, 6.07) is 0. The lowest BCUT2D eigenvalue weighted by Crippen LogP contribution is -2.41. The number of thioether (sulfide) groups is 1. The molecule has 0 saturated carbocycles. The maximum atomic E-state index is 11.5. The summed E-state index contributed by atoms with van der Waals surface area (Å²) >= 11 is 1.12. The number of carboxylic acids is 1. The molecule has 10 heteroatoms. The molecule has 0 amide bonds. The number of rotatable bonds is 6. The van der Waals surface area contributed by atoms with Crippen LogP contribution in [0.4, 0.5) is 5.95 Å². The second-order valence-electron chi connectivity index (χ2n) is 4.76. The van der Waals surface area contributed by atoms with E-state index >= 15 is 0 Å². The molecule has 1 N–H and O–H groups in total. The molecule has 1 saturated heterocycles. The Morgan fingerprint density at radius 3 is 2.57 bits per heavy atom. The highest BCUT2D eigenvalue weighted by Crippen LogP contribution is 2.23. The van der Waals surface area contributed by atoms with Crippen molar-refractivity contribution in [1.29, 1.82) is 0 Å². The zero-order valence-electron chi connectivity index (χ0n) is 11.7. The summed E-state index contributed by atoms with van der Waals surface area (Å²) in [4.78, 5) is 12.6. The van der Waals surface area contributed by atoms with Gasteiger partial charge in [0.2, 0.25) is 5.95 Å².